The Kier molecular flexibility index (Phi) is 4.34. The van der Waals surface area contributed by atoms with Gasteiger partial charge in [-0.15, -0.1) is 0 Å². The molecule has 0 fully saturated rings. The minimum atomic E-state index is -1.07. The van der Waals surface area contributed by atoms with Gasteiger partial charge in [0, 0.05) is 30.1 Å². The van der Waals surface area contributed by atoms with Gasteiger partial charge in [-0.3, -0.25) is 9.97 Å². The second-order valence-electron chi connectivity index (χ2n) is 5.16. The third-order valence-corrected chi connectivity index (χ3v) is 3.64. The molecule has 0 aliphatic carbocycles. The number of hydrogen-bond donors (Lipinski definition) is 2. The van der Waals surface area contributed by atoms with E-state index >= 15 is 0 Å². The van der Waals surface area contributed by atoms with E-state index in [4.69, 9.17) is 5.11 Å². The first-order chi connectivity index (χ1) is 11.7. The molecule has 0 unspecified atom stereocenters. The van der Waals surface area contributed by atoms with Crippen molar-refractivity contribution in [3.8, 4) is 17.3 Å². The Balaban J connectivity index is 2.13. The van der Waals surface area contributed by atoms with Crippen LogP contribution in [0.3, 0.4) is 0 Å². The van der Waals surface area contributed by atoms with Crippen molar-refractivity contribution < 1.29 is 9.90 Å². The van der Waals surface area contributed by atoms with Crippen LogP contribution in [0.15, 0.2) is 48.7 Å². The standard InChI is InChI=1S/C18H14N4O2/c19-11-12-4-3-6-16-13(12)10-14(15-5-1-2-8-20-15)17(22-16)7-9-21-18(23)24/h1-6,8,10,21H,7,9H2,(H,23,24). The molecule has 2 N–H and O–H groups in total. The maximum absolute atomic E-state index is 10.7. The summed E-state index contributed by atoms with van der Waals surface area (Å²) in [6, 6.07) is 15.0. The van der Waals surface area contributed by atoms with Gasteiger partial charge in [0.2, 0.25) is 0 Å². The summed E-state index contributed by atoms with van der Waals surface area (Å²) in [4.78, 5) is 19.6. The molecule has 3 rings (SSSR count). The van der Waals surface area contributed by atoms with Crippen molar-refractivity contribution in [2.45, 2.75) is 6.42 Å². The van der Waals surface area contributed by atoms with Crippen molar-refractivity contribution in [3.05, 3.63) is 59.9 Å². The fraction of sp³-hybridized carbons (Fsp3) is 0.111. The number of hydrogen-bond acceptors (Lipinski definition) is 4. The van der Waals surface area contributed by atoms with Crippen LogP contribution in [0.25, 0.3) is 22.2 Å². The number of nitrogens with zero attached hydrogens (tertiary/aromatic N) is 3. The molecule has 0 aliphatic heterocycles. The molecule has 0 radical (unpaired) electrons. The van der Waals surface area contributed by atoms with Gasteiger partial charge in [-0.25, -0.2) is 4.79 Å². The Bertz CT molecular complexity index is 933. The molecule has 0 spiro atoms. The van der Waals surface area contributed by atoms with E-state index in [-0.39, 0.29) is 6.54 Å². The van der Waals surface area contributed by atoms with Crippen molar-refractivity contribution in [3.63, 3.8) is 0 Å². The maximum atomic E-state index is 10.7. The molecule has 118 valence electrons. The third-order valence-electron chi connectivity index (χ3n) is 3.64. The second kappa shape index (κ2) is 6.75. The lowest BCUT2D eigenvalue weighted by Crippen LogP contribution is -2.23. The first kappa shape index (κ1) is 15.4. The molecule has 6 heteroatoms. The van der Waals surface area contributed by atoms with Crippen molar-refractivity contribution in [2.24, 2.45) is 0 Å². The van der Waals surface area contributed by atoms with Gasteiger partial charge in [-0.2, -0.15) is 5.26 Å². The van der Waals surface area contributed by atoms with E-state index in [9.17, 15) is 10.1 Å². The van der Waals surface area contributed by atoms with Gasteiger partial charge in [0.1, 0.15) is 0 Å². The molecular formula is C18H14N4O2. The van der Waals surface area contributed by atoms with Crippen molar-refractivity contribution >= 4 is 17.0 Å². The van der Waals surface area contributed by atoms with Crippen LogP contribution in [-0.2, 0) is 6.42 Å². The molecule has 0 saturated heterocycles. The SMILES string of the molecule is N#Cc1cccc2nc(CCNC(=O)O)c(-c3ccccn3)cc12. The topological polar surface area (TPSA) is 98.9 Å². The van der Waals surface area contributed by atoms with E-state index in [2.05, 4.69) is 21.4 Å². The predicted octanol–water partition coefficient (Wildman–Crippen LogP) is 2.98. The number of pyridine rings is 2. The summed E-state index contributed by atoms with van der Waals surface area (Å²) < 4.78 is 0. The Morgan fingerprint density at radius 2 is 2.12 bits per heavy atom. The molecule has 0 saturated carbocycles. The lowest BCUT2D eigenvalue weighted by atomic mass is 10.0. The van der Waals surface area contributed by atoms with E-state index in [0.717, 1.165) is 22.3 Å². The molecule has 24 heavy (non-hydrogen) atoms. The predicted molar refractivity (Wildman–Crippen MR) is 89.4 cm³/mol. The van der Waals surface area contributed by atoms with Gasteiger partial charge in [0.25, 0.3) is 0 Å². The third kappa shape index (κ3) is 3.15. The lowest BCUT2D eigenvalue weighted by Gasteiger charge is -2.11. The highest BCUT2D eigenvalue weighted by Crippen LogP contribution is 2.27. The quantitative estimate of drug-likeness (QED) is 0.770. The molecule has 2 heterocycles. The van der Waals surface area contributed by atoms with Crippen LogP contribution in [0, 0.1) is 11.3 Å². The fourth-order valence-corrected chi connectivity index (χ4v) is 2.56. The first-order valence-electron chi connectivity index (χ1n) is 7.40. The molecule has 0 atom stereocenters. The summed E-state index contributed by atoms with van der Waals surface area (Å²) in [5.74, 6) is 0. The zero-order chi connectivity index (χ0) is 16.9. The summed E-state index contributed by atoms with van der Waals surface area (Å²) in [7, 11) is 0. The van der Waals surface area contributed by atoms with Crippen molar-refractivity contribution in [1.82, 2.24) is 15.3 Å². The number of benzene rings is 1. The number of rotatable bonds is 4. The van der Waals surface area contributed by atoms with Crippen LogP contribution in [0.2, 0.25) is 0 Å². The highest BCUT2D eigenvalue weighted by molar-refractivity contribution is 5.89. The zero-order valence-corrected chi connectivity index (χ0v) is 12.7. The Hall–Kier alpha value is -3.46. The van der Waals surface area contributed by atoms with Crippen LogP contribution >= 0.6 is 0 Å². The van der Waals surface area contributed by atoms with Crippen LogP contribution < -0.4 is 5.32 Å². The summed E-state index contributed by atoms with van der Waals surface area (Å²) >= 11 is 0. The van der Waals surface area contributed by atoms with E-state index in [1.54, 1.807) is 18.3 Å². The van der Waals surface area contributed by atoms with Gasteiger partial charge < -0.3 is 10.4 Å². The average Bonchev–Trinajstić information content (AvgIpc) is 2.61. The van der Waals surface area contributed by atoms with Crippen LogP contribution in [0.5, 0.6) is 0 Å². The smallest absolute Gasteiger partial charge is 0.404 e. The van der Waals surface area contributed by atoms with Crippen LogP contribution in [0.1, 0.15) is 11.3 Å². The van der Waals surface area contributed by atoms with Crippen molar-refractivity contribution in [1.29, 1.82) is 5.26 Å². The minimum Gasteiger partial charge on any atom is -0.465 e. The average molecular weight is 318 g/mol. The number of nitrogens with one attached hydrogen (secondary N) is 1. The van der Waals surface area contributed by atoms with E-state index in [0.29, 0.717) is 17.5 Å². The number of aromatic nitrogens is 2. The Labute approximate surface area is 138 Å². The van der Waals surface area contributed by atoms with E-state index in [1.807, 2.05) is 30.3 Å². The van der Waals surface area contributed by atoms with Crippen molar-refractivity contribution in [2.75, 3.05) is 6.54 Å². The maximum Gasteiger partial charge on any atom is 0.404 e. The van der Waals surface area contributed by atoms with Gasteiger partial charge in [-0.05, 0) is 30.3 Å². The van der Waals surface area contributed by atoms with Crippen LogP contribution in [-0.4, -0.2) is 27.7 Å². The van der Waals surface area contributed by atoms with Gasteiger partial charge in [0.15, 0.2) is 0 Å². The zero-order valence-electron chi connectivity index (χ0n) is 12.7. The summed E-state index contributed by atoms with van der Waals surface area (Å²) in [6.07, 6.45) is 1.06. The van der Waals surface area contributed by atoms with E-state index in [1.165, 1.54) is 0 Å². The number of carboxylic acid groups (broad SMARTS) is 1. The fourth-order valence-electron chi connectivity index (χ4n) is 2.56. The van der Waals surface area contributed by atoms with Crippen LogP contribution in [0.4, 0.5) is 4.79 Å². The normalized spacial score (nSPS) is 10.3. The highest BCUT2D eigenvalue weighted by Gasteiger charge is 2.12. The molecule has 2 aromatic heterocycles. The lowest BCUT2D eigenvalue weighted by molar-refractivity contribution is 0.194. The second-order valence-corrected chi connectivity index (χ2v) is 5.16. The molecule has 0 bridgehead atoms. The van der Waals surface area contributed by atoms with E-state index < -0.39 is 6.09 Å². The Morgan fingerprint density at radius 1 is 1.25 bits per heavy atom. The number of amides is 1. The molecule has 0 aliphatic rings. The Morgan fingerprint density at radius 3 is 2.83 bits per heavy atom. The molecule has 6 nitrogen and oxygen atoms in total. The first-order valence-corrected chi connectivity index (χ1v) is 7.40. The largest absolute Gasteiger partial charge is 0.465 e. The summed E-state index contributed by atoms with van der Waals surface area (Å²) in [5, 5.41) is 21.1. The highest BCUT2D eigenvalue weighted by atomic mass is 16.4. The molecule has 1 amide bonds. The van der Waals surface area contributed by atoms with Gasteiger partial charge in [0.05, 0.1) is 28.5 Å². The summed E-state index contributed by atoms with van der Waals surface area (Å²) in [6.45, 7) is 0.256. The molecule has 3 aromatic rings. The molecular weight excluding hydrogens is 304 g/mol. The monoisotopic (exact) mass is 318 g/mol. The number of nitriles is 1. The number of fused-ring (bicyclic) bond motifs is 1. The minimum absolute atomic E-state index is 0.256. The molecule has 1 aromatic carbocycles. The van der Waals surface area contributed by atoms with Gasteiger partial charge in [-0.1, -0.05) is 12.1 Å². The summed E-state index contributed by atoms with van der Waals surface area (Å²) in [5.41, 5.74) is 3.54. The number of carbonyl (C=O) groups is 1. The van der Waals surface area contributed by atoms with Gasteiger partial charge >= 0.3 is 6.09 Å².